The van der Waals surface area contributed by atoms with E-state index < -0.39 is 0 Å². The van der Waals surface area contributed by atoms with Gasteiger partial charge in [-0.15, -0.1) is 0 Å². The minimum atomic E-state index is -0.334. The fourth-order valence-electron chi connectivity index (χ4n) is 2.00. The maximum atomic E-state index is 12.3. The first-order valence-corrected chi connectivity index (χ1v) is 6.54. The second-order valence-electron chi connectivity index (χ2n) is 4.05. The number of rotatable bonds is 4. The van der Waals surface area contributed by atoms with Crippen LogP contribution in [0.1, 0.15) is 23.2 Å². The van der Waals surface area contributed by atoms with Gasteiger partial charge in [0.05, 0.1) is 14.2 Å². The third-order valence-corrected chi connectivity index (χ3v) is 3.62. The molecule has 1 aromatic rings. The topological polar surface area (TPSA) is 44.8 Å². The van der Waals surface area contributed by atoms with Gasteiger partial charge in [0.15, 0.2) is 17.3 Å². The highest BCUT2D eigenvalue weighted by Gasteiger charge is 2.27. The fourth-order valence-corrected chi connectivity index (χ4v) is 2.52. The molecule has 1 heterocycles. The molecule has 1 saturated heterocycles. The van der Waals surface area contributed by atoms with Gasteiger partial charge in [0, 0.05) is 16.6 Å². The molecule has 2 rings (SSSR count). The molecule has 0 radical (unpaired) electrons. The van der Waals surface area contributed by atoms with E-state index in [1.165, 1.54) is 0 Å². The monoisotopic (exact) mass is 314 g/mol. The van der Waals surface area contributed by atoms with E-state index in [4.69, 9.17) is 14.2 Å². The molecule has 0 aromatic heterocycles. The molecule has 18 heavy (non-hydrogen) atoms. The van der Waals surface area contributed by atoms with Crippen molar-refractivity contribution in [2.24, 2.45) is 0 Å². The number of Topliss-reactive ketones (excluding diaryl/α,β-unsaturated/α-hetero) is 1. The Labute approximate surface area is 114 Å². The maximum absolute atomic E-state index is 12.3. The van der Waals surface area contributed by atoms with Crippen LogP contribution in [0.4, 0.5) is 0 Å². The Morgan fingerprint density at radius 3 is 2.56 bits per heavy atom. The van der Waals surface area contributed by atoms with Gasteiger partial charge in [-0.05, 0) is 40.9 Å². The van der Waals surface area contributed by atoms with Crippen LogP contribution in [0.2, 0.25) is 0 Å². The van der Waals surface area contributed by atoms with E-state index in [0.29, 0.717) is 28.1 Å². The molecule has 0 N–H and O–H groups in total. The highest BCUT2D eigenvalue weighted by Crippen LogP contribution is 2.34. The van der Waals surface area contributed by atoms with Crippen LogP contribution >= 0.6 is 15.9 Å². The van der Waals surface area contributed by atoms with Crippen molar-refractivity contribution in [3.63, 3.8) is 0 Å². The van der Waals surface area contributed by atoms with Gasteiger partial charge in [-0.2, -0.15) is 0 Å². The lowest BCUT2D eigenvalue weighted by Gasteiger charge is -2.13. The van der Waals surface area contributed by atoms with Gasteiger partial charge in [-0.1, -0.05) is 0 Å². The van der Waals surface area contributed by atoms with Crippen molar-refractivity contribution in [2.75, 3.05) is 20.8 Å². The Balaban J connectivity index is 2.34. The van der Waals surface area contributed by atoms with Crippen LogP contribution in [-0.4, -0.2) is 32.7 Å². The summed E-state index contributed by atoms with van der Waals surface area (Å²) in [5.41, 5.74) is 0.569. The Hall–Kier alpha value is -1.07. The highest BCUT2D eigenvalue weighted by molar-refractivity contribution is 9.10. The Kier molecular flexibility index (Phi) is 4.24. The van der Waals surface area contributed by atoms with Crippen LogP contribution in [0.3, 0.4) is 0 Å². The smallest absolute Gasteiger partial charge is 0.192 e. The summed E-state index contributed by atoms with van der Waals surface area (Å²) in [5, 5.41) is 0. The number of carbonyl (C=O) groups is 1. The van der Waals surface area contributed by atoms with Gasteiger partial charge in [0.25, 0.3) is 0 Å². The Morgan fingerprint density at radius 2 is 2.00 bits per heavy atom. The number of ether oxygens (including phenoxy) is 3. The summed E-state index contributed by atoms with van der Waals surface area (Å²) in [5.74, 6) is 1.12. The summed E-state index contributed by atoms with van der Waals surface area (Å²) >= 11 is 3.39. The number of hydrogen-bond acceptors (Lipinski definition) is 4. The molecule has 0 amide bonds. The van der Waals surface area contributed by atoms with Gasteiger partial charge in [0.1, 0.15) is 6.10 Å². The molecule has 0 saturated carbocycles. The van der Waals surface area contributed by atoms with E-state index in [1.54, 1.807) is 26.4 Å². The predicted molar refractivity (Wildman–Crippen MR) is 70.6 cm³/mol. The second-order valence-corrected chi connectivity index (χ2v) is 4.91. The molecule has 4 nitrogen and oxygen atoms in total. The third-order valence-electron chi connectivity index (χ3n) is 2.96. The van der Waals surface area contributed by atoms with Gasteiger partial charge < -0.3 is 14.2 Å². The van der Waals surface area contributed by atoms with Crippen LogP contribution in [0.25, 0.3) is 0 Å². The van der Waals surface area contributed by atoms with Crippen LogP contribution in [0, 0.1) is 0 Å². The van der Waals surface area contributed by atoms with E-state index in [2.05, 4.69) is 15.9 Å². The molecule has 1 aliphatic heterocycles. The molecule has 0 bridgehead atoms. The average molecular weight is 315 g/mol. The van der Waals surface area contributed by atoms with Crippen LogP contribution < -0.4 is 9.47 Å². The molecule has 5 heteroatoms. The molecular weight excluding hydrogens is 300 g/mol. The molecule has 1 aromatic carbocycles. The van der Waals surface area contributed by atoms with Gasteiger partial charge in [-0.25, -0.2) is 0 Å². The number of methoxy groups -OCH3 is 2. The molecule has 98 valence electrons. The van der Waals surface area contributed by atoms with Gasteiger partial charge in [0.2, 0.25) is 0 Å². The molecule has 1 fully saturated rings. The Bertz CT molecular complexity index is 453. The van der Waals surface area contributed by atoms with Gasteiger partial charge >= 0.3 is 0 Å². The van der Waals surface area contributed by atoms with Crippen LogP contribution in [0.5, 0.6) is 11.5 Å². The number of halogens is 1. The first-order valence-electron chi connectivity index (χ1n) is 5.74. The first kappa shape index (κ1) is 13.4. The van der Waals surface area contributed by atoms with Crippen molar-refractivity contribution in [2.45, 2.75) is 18.9 Å². The lowest BCUT2D eigenvalue weighted by molar-refractivity contribution is 0.0641. The first-order chi connectivity index (χ1) is 8.67. The molecule has 0 aliphatic carbocycles. The SMILES string of the molecule is COc1cc(Br)c(C(=O)C2CCCO2)cc1OC. The van der Waals surface area contributed by atoms with Crippen molar-refractivity contribution < 1.29 is 19.0 Å². The van der Waals surface area contributed by atoms with Crippen molar-refractivity contribution >= 4 is 21.7 Å². The average Bonchev–Trinajstić information content (AvgIpc) is 2.91. The van der Waals surface area contributed by atoms with Gasteiger partial charge in [-0.3, -0.25) is 4.79 Å². The molecule has 0 spiro atoms. The van der Waals surface area contributed by atoms with E-state index in [-0.39, 0.29) is 11.9 Å². The van der Waals surface area contributed by atoms with Crippen molar-refractivity contribution in [1.29, 1.82) is 0 Å². The standard InChI is InChI=1S/C13H15BrO4/c1-16-11-6-8(9(14)7-12(11)17-2)13(15)10-4-3-5-18-10/h6-7,10H,3-5H2,1-2H3. The number of carbonyl (C=O) groups excluding carboxylic acids is 1. The fraction of sp³-hybridized carbons (Fsp3) is 0.462. The minimum absolute atomic E-state index is 0.0136. The molecular formula is C13H15BrO4. The molecule has 1 atom stereocenters. The van der Waals surface area contributed by atoms with E-state index in [1.807, 2.05) is 0 Å². The molecule has 1 aliphatic rings. The summed E-state index contributed by atoms with van der Waals surface area (Å²) in [7, 11) is 3.11. The zero-order valence-corrected chi connectivity index (χ0v) is 12.0. The number of ketones is 1. The largest absolute Gasteiger partial charge is 0.493 e. The second kappa shape index (κ2) is 5.71. The molecule has 1 unspecified atom stereocenters. The zero-order chi connectivity index (χ0) is 13.1. The van der Waals surface area contributed by atoms with Crippen molar-refractivity contribution in [1.82, 2.24) is 0 Å². The van der Waals surface area contributed by atoms with E-state index >= 15 is 0 Å². The third kappa shape index (κ3) is 2.52. The highest BCUT2D eigenvalue weighted by atomic mass is 79.9. The minimum Gasteiger partial charge on any atom is -0.493 e. The van der Waals surface area contributed by atoms with Crippen molar-refractivity contribution in [3.05, 3.63) is 22.2 Å². The predicted octanol–water partition coefficient (Wildman–Crippen LogP) is 2.83. The quantitative estimate of drug-likeness (QED) is 0.802. The maximum Gasteiger partial charge on any atom is 0.192 e. The summed E-state index contributed by atoms with van der Waals surface area (Å²) in [6, 6.07) is 3.42. The Morgan fingerprint density at radius 1 is 1.33 bits per heavy atom. The summed E-state index contributed by atoms with van der Waals surface area (Å²) in [6.45, 7) is 0.654. The zero-order valence-electron chi connectivity index (χ0n) is 10.4. The summed E-state index contributed by atoms with van der Waals surface area (Å²) in [4.78, 5) is 12.3. The van der Waals surface area contributed by atoms with Crippen molar-refractivity contribution in [3.8, 4) is 11.5 Å². The van der Waals surface area contributed by atoms with Crippen LogP contribution in [-0.2, 0) is 4.74 Å². The summed E-state index contributed by atoms with van der Waals surface area (Å²) in [6.07, 6.45) is 1.38. The lowest BCUT2D eigenvalue weighted by atomic mass is 10.0. The number of benzene rings is 1. The summed E-state index contributed by atoms with van der Waals surface area (Å²) < 4.78 is 16.5. The normalized spacial score (nSPS) is 18.7. The van der Waals surface area contributed by atoms with E-state index in [0.717, 1.165) is 12.8 Å². The number of hydrogen-bond donors (Lipinski definition) is 0. The van der Waals surface area contributed by atoms with E-state index in [9.17, 15) is 4.79 Å². The van der Waals surface area contributed by atoms with Crippen LogP contribution in [0.15, 0.2) is 16.6 Å². The lowest BCUT2D eigenvalue weighted by Crippen LogP contribution is -2.20.